The first kappa shape index (κ1) is 10.0. The maximum Gasteiger partial charge on any atom is 0.214 e. The third kappa shape index (κ3) is 3.57. The van der Waals surface area contributed by atoms with Crippen LogP contribution in [0.2, 0.25) is 0 Å². The minimum Gasteiger partial charge on any atom is -0.595 e. The normalized spacial score (nSPS) is 11.0. The zero-order chi connectivity index (χ0) is 10.4. The highest BCUT2D eigenvalue weighted by molar-refractivity contribution is 5.85. The quantitative estimate of drug-likeness (QED) is 0.502. The van der Waals surface area contributed by atoms with Gasteiger partial charge in [-0.1, -0.05) is 30.3 Å². The molecule has 0 bridgehead atoms. The van der Waals surface area contributed by atoms with E-state index in [1.165, 1.54) is 0 Å². The van der Waals surface area contributed by atoms with E-state index in [1.54, 1.807) is 0 Å². The summed E-state index contributed by atoms with van der Waals surface area (Å²) in [5.41, 5.74) is 5.74. The molecule has 0 aliphatic carbocycles. The smallest absolute Gasteiger partial charge is 0.214 e. The van der Waals surface area contributed by atoms with Gasteiger partial charge in [0.25, 0.3) is 0 Å². The molecule has 0 heterocycles. The second kappa shape index (κ2) is 4.86. The molecule has 1 aromatic carbocycles. The summed E-state index contributed by atoms with van der Waals surface area (Å²) in [6.45, 7) is 0.135. The Kier molecular flexibility index (Phi) is 3.49. The number of nitrogens with two attached hydrogens (primary N) is 1. The van der Waals surface area contributed by atoms with Crippen LogP contribution in [0, 0.1) is 5.41 Å². The second-order valence-corrected chi connectivity index (χ2v) is 2.54. The van der Waals surface area contributed by atoms with Crippen molar-refractivity contribution in [2.24, 2.45) is 10.7 Å². The van der Waals surface area contributed by atoms with Crippen LogP contribution in [0.5, 0.6) is 0 Å². The summed E-state index contributed by atoms with van der Waals surface area (Å²) in [6, 6.07) is 9.18. The number of hydrogen-bond acceptors (Lipinski definition) is 3. The predicted molar refractivity (Wildman–Crippen MR) is 50.6 cm³/mol. The van der Waals surface area contributed by atoms with E-state index in [2.05, 4.69) is 4.99 Å². The van der Waals surface area contributed by atoms with Crippen LogP contribution in [0.3, 0.4) is 0 Å². The molecule has 5 heteroatoms. The molecule has 0 aliphatic rings. The van der Waals surface area contributed by atoms with E-state index in [1.807, 2.05) is 30.3 Å². The van der Waals surface area contributed by atoms with E-state index in [4.69, 9.17) is 15.9 Å². The Bertz CT molecular complexity index is 335. The molecule has 0 saturated heterocycles. The first-order valence-corrected chi connectivity index (χ1v) is 3.95. The fourth-order valence-corrected chi connectivity index (χ4v) is 0.850. The van der Waals surface area contributed by atoms with Crippen molar-refractivity contribution in [3.05, 3.63) is 35.9 Å². The molecule has 0 fully saturated rings. The fourth-order valence-electron chi connectivity index (χ4n) is 0.850. The van der Waals surface area contributed by atoms with Crippen LogP contribution in [-0.2, 0) is 11.3 Å². The number of hydrogen-bond donors (Lipinski definition) is 2. The first-order chi connectivity index (χ1) is 6.68. The molecule has 0 atom stereocenters. The molecule has 0 saturated carbocycles. The molecular weight excluding hydrogens is 182 g/mol. The average molecular weight is 192 g/mol. The molecule has 14 heavy (non-hydrogen) atoms. The third-order valence-electron chi connectivity index (χ3n) is 1.42. The molecule has 0 amide bonds. The minimum atomic E-state index is -0.846. The lowest BCUT2D eigenvalue weighted by Gasteiger charge is -2.13. The average Bonchev–Trinajstić information content (AvgIpc) is 2.15. The van der Waals surface area contributed by atoms with Gasteiger partial charge >= 0.3 is 0 Å². The first-order valence-electron chi connectivity index (χ1n) is 3.95. The molecular formula is C9H10N3O2-. The molecule has 1 aromatic rings. The van der Waals surface area contributed by atoms with Crippen molar-refractivity contribution >= 4 is 12.0 Å². The lowest BCUT2D eigenvalue weighted by Crippen LogP contribution is -2.24. The van der Waals surface area contributed by atoms with Crippen LogP contribution < -0.4 is 10.8 Å². The van der Waals surface area contributed by atoms with Crippen molar-refractivity contribution in [2.45, 2.75) is 6.61 Å². The Morgan fingerprint density at radius 2 is 2.07 bits per heavy atom. The van der Waals surface area contributed by atoms with Crippen LogP contribution >= 0.6 is 0 Å². The van der Waals surface area contributed by atoms with E-state index >= 15 is 0 Å². The Morgan fingerprint density at radius 1 is 1.43 bits per heavy atom. The van der Waals surface area contributed by atoms with Gasteiger partial charge in [0.1, 0.15) is 0 Å². The highest BCUT2D eigenvalue weighted by Crippen LogP contribution is 1.99. The number of guanidine groups is 1. The van der Waals surface area contributed by atoms with Crippen molar-refractivity contribution < 1.29 is 9.84 Å². The Hall–Kier alpha value is -2.04. The van der Waals surface area contributed by atoms with Gasteiger partial charge in [0.05, 0.1) is 0 Å². The molecule has 0 aromatic heterocycles. The summed E-state index contributed by atoms with van der Waals surface area (Å²) >= 11 is 0. The number of benzene rings is 1. The van der Waals surface area contributed by atoms with Gasteiger partial charge in [0.15, 0.2) is 6.08 Å². The second-order valence-electron chi connectivity index (χ2n) is 2.54. The SMILES string of the molecule is N=C(N)/N=C(\[O-])OCc1ccccc1. The van der Waals surface area contributed by atoms with Crippen molar-refractivity contribution in [1.29, 1.82) is 5.41 Å². The molecule has 0 spiro atoms. The van der Waals surface area contributed by atoms with Crippen molar-refractivity contribution in [3.63, 3.8) is 0 Å². The lowest BCUT2D eigenvalue weighted by molar-refractivity contribution is -0.251. The molecule has 74 valence electrons. The van der Waals surface area contributed by atoms with Crippen LogP contribution in [0.15, 0.2) is 35.3 Å². The Labute approximate surface area is 81.4 Å². The number of ether oxygens (including phenoxy) is 1. The minimum absolute atomic E-state index is 0.135. The van der Waals surface area contributed by atoms with Gasteiger partial charge in [-0.25, -0.2) is 0 Å². The number of rotatable bonds is 2. The standard InChI is InChI=1S/C9H11N3O2/c10-8(11)12-9(13)14-6-7-4-2-1-3-5-7/h1-5H,6H2,(H4,10,11,12,13)/p-1. The van der Waals surface area contributed by atoms with Crippen LogP contribution in [0.1, 0.15) is 5.56 Å². The van der Waals surface area contributed by atoms with E-state index in [0.29, 0.717) is 0 Å². The maximum absolute atomic E-state index is 10.8. The van der Waals surface area contributed by atoms with E-state index in [-0.39, 0.29) is 6.61 Å². The van der Waals surface area contributed by atoms with Gasteiger partial charge < -0.3 is 15.6 Å². The Morgan fingerprint density at radius 3 is 2.64 bits per heavy atom. The van der Waals surface area contributed by atoms with Gasteiger partial charge in [0, 0.05) is 6.61 Å². The summed E-state index contributed by atoms with van der Waals surface area (Å²) in [7, 11) is 0. The summed E-state index contributed by atoms with van der Waals surface area (Å²) in [4.78, 5) is 3.09. The molecule has 0 aliphatic heterocycles. The third-order valence-corrected chi connectivity index (χ3v) is 1.42. The zero-order valence-electron chi connectivity index (χ0n) is 7.43. The zero-order valence-corrected chi connectivity index (χ0v) is 7.43. The van der Waals surface area contributed by atoms with E-state index in [9.17, 15) is 5.11 Å². The van der Waals surface area contributed by atoms with Crippen molar-refractivity contribution in [3.8, 4) is 0 Å². The largest absolute Gasteiger partial charge is 0.595 e. The van der Waals surface area contributed by atoms with Gasteiger partial charge in [0.2, 0.25) is 5.96 Å². The fraction of sp³-hybridized carbons (Fsp3) is 0.111. The molecule has 0 radical (unpaired) electrons. The van der Waals surface area contributed by atoms with Crippen LogP contribution in [-0.4, -0.2) is 12.0 Å². The maximum atomic E-state index is 10.8. The van der Waals surface area contributed by atoms with Gasteiger partial charge in [-0.2, -0.15) is 4.99 Å². The van der Waals surface area contributed by atoms with Crippen molar-refractivity contribution in [1.82, 2.24) is 0 Å². The van der Waals surface area contributed by atoms with Gasteiger partial charge in [-0.05, 0) is 5.56 Å². The van der Waals surface area contributed by atoms with Gasteiger partial charge in [-0.15, -0.1) is 0 Å². The van der Waals surface area contributed by atoms with E-state index < -0.39 is 12.0 Å². The summed E-state index contributed by atoms with van der Waals surface area (Å²) in [5, 5.41) is 17.5. The van der Waals surface area contributed by atoms with E-state index in [0.717, 1.165) is 5.56 Å². The molecule has 3 N–H and O–H groups in total. The van der Waals surface area contributed by atoms with Gasteiger partial charge in [-0.3, -0.25) is 5.41 Å². The lowest BCUT2D eigenvalue weighted by atomic mass is 10.2. The number of aliphatic imine (C=N–C) groups is 1. The molecule has 0 unspecified atom stereocenters. The number of nitrogens with one attached hydrogen (secondary N) is 1. The molecule has 5 nitrogen and oxygen atoms in total. The topological polar surface area (TPSA) is 94.5 Å². The summed E-state index contributed by atoms with van der Waals surface area (Å²) in [6.07, 6.45) is -0.846. The van der Waals surface area contributed by atoms with Crippen LogP contribution in [0.25, 0.3) is 0 Å². The monoisotopic (exact) mass is 192 g/mol. The van der Waals surface area contributed by atoms with Crippen molar-refractivity contribution in [2.75, 3.05) is 0 Å². The Balaban J connectivity index is 2.45. The summed E-state index contributed by atoms with van der Waals surface area (Å²) in [5.74, 6) is -0.553. The summed E-state index contributed by atoms with van der Waals surface area (Å²) < 4.78 is 4.71. The molecule has 1 rings (SSSR count). The van der Waals surface area contributed by atoms with Crippen LogP contribution in [0.4, 0.5) is 0 Å². The number of nitrogens with zero attached hydrogens (tertiary/aromatic N) is 1. The highest BCUT2D eigenvalue weighted by Gasteiger charge is 1.88. The highest BCUT2D eigenvalue weighted by atomic mass is 16.6. The predicted octanol–water partition coefficient (Wildman–Crippen LogP) is -0.187.